The summed E-state index contributed by atoms with van der Waals surface area (Å²) in [5.41, 5.74) is 2.03. The second kappa shape index (κ2) is 11.8. The zero-order chi connectivity index (χ0) is 23.8. The number of sulfone groups is 1. The van der Waals surface area contributed by atoms with Crippen LogP contribution in [0.4, 0.5) is 0 Å². The molecular formula is C22H26Cl2N4O4S. The first-order valence-electron chi connectivity index (χ1n) is 10.3. The van der Waals surface area contributed by atoms with Crippen molar-refractivity contribution in [3.05, 3.63) is 63.6 Å². The number of halogens is 2. The van der Waals surface area contributed by atoms with Gasteiger partial charge in [0.1, 0.15) is 23.2 Å². The number of nitrogens with one attached hydrogen (secondary N) is 2. The van der Waals surface area contributed by atoms with Gasteiger partial charge < -0.3 is 20.3 Å². The molecule has 2 aromatic carbocycles. The smallest absolute Gasteiger partial charge is 0.248 e. The number of ether oxygens (including phenoxy) is 1. The Kier molecular flexibility index (Phi) is 9.10. The summed E-state index contributed by atoms with van der Waals surface area (Å²) in [6.07, 6.45) is 0. The summed E-state index contributed by atoms with van der Waals surface area (Å²) in [7, 11) is -1.99. The van der Waals surface area contributed by atoms with E-state index in [1.54, 1.807) is 18.0 Å². The van der Waals surface area contributed by atoms with E-state index in [1.165, 1.54) is 12.1 Å². The van der Waals surface area contributed by atoms with Crippen molar-refractivity contribution in [1.82, 2.24) is 15.5 Å². The lowest BCUT2D eigenvalue weighted by atomic mass is 10.1. The molecule has 0 saturated heterocycles. The van der Waals surface area contributed by atoms with Gasteiger partial charge in [-0.15, -0.1) is 0 Å². The summed E-state index contributed by atoms with van der Waals surface area (Å²) in [6.45, 7) is 2.43. The number of carbonyl (C=O) groups excluding carboxylic acids is 1. The van der Waals surface area contributed by atoms with E-state index in [1.807, 2.05) is 24.3 Å². The van der Waals surface area contributed by atoms with Crippen LogP contribution >= 0.6 is 23.2 Å². The van der Waals surface area contributed by atoms with Gasteiger partial charge in [-0.1, -0.05) is 53.5 Å². The van der Waals surface area contributed by atoms with Gasteiger partial charge in [0.05, 0.1) is 23.2 Å². The summed E-state index contributed by atoms with van der Waals surface area (Å²) < 4.78 is 30.2. The Morgan fingerprint density at radius 1 is 1.18 bits per heavy atom. The molecule has 0 spiro atoms. The van der Waals surface area contributed by atoms with Crippen molar-refractivity contribution in [2.75, 3.05) is 45.8 Å². The molecule has 3 rings (SSSR count). The maximum absolute atomic E-state index is 12.4. The van der Waals surface area contributed by atoms with Gasteiger partial charge >= 0.3 is 0 Å². The second-order valence-corrected chi connectivity index (χ2v) is 10.2. The number of hydrogen-bond acceptors (Lipinski definition) is 7. The molecule has 2 aromatic rings. The van der Waals surface area contributed by atoms with Crippen molar-refractivity contribution in [2.45, 2.75) is 11.4 Å². The number of hydrogen-bond donors (Lipinski definition) is 2. The third kappa shape index (κ3) is 7.15. The molecule has 0 atom stereocenters. The van der Waals surface area contributed by atoms with Crippen LogP contribution in [-0.2, 0) is 25.9 Å². The first-order chi connectivity index (χ1) is 15.8. The number of aliphatic imine (C=N–C) groups is 1. The topological polar surface area (TPSA) is 100 Å². The Bertz CT molecular complexity index is 1090. The van der Waals surface area contributed by atoms with Crippen molar-refractivity contribution < 1.29 is 17.9 Å². The predicted molar refractivity (Wildman–Crippen MR) is 130 cm³/mol. The lowest BCUT2D eigenvalue weighted by molar-refractivity contribution is -0.135. The highest BCUT2D eigenvalue weighted by Gasteiger charge is 2.21. The minimum atomic E-state index is -3.70. The van der Waals surface area contributed by atoms with Crippen LogP contribution in [0.1, 0.15) is 11.1 Å². The fraction of sp³-hybridized carbons (Fsp3) is 0.364. The van der Waals surface area contributed by atoms with Gasteiger partial charge in [0.15, 0.2) is 9.84 Å². The Balaban J connectivity index is 1.36. The van der Waals surface area contributed by atoms with Crippen molar-refractivity contribution in [3.8, 4) is 0 Å². The molecule has 0 aliphatic carbocycles. The van der Waals surface area contributed by atoms with Crippen LogP contribution in [0, 0.1) is 0 Å². The summed E-state index contributed by atoms with van der Waals surface area (Å²) in [5, 5.41) is 6.16. The largest absolute Gasteiger partial charge is 0.370 e. The molecule has 1 heterocycles. The molecule has 2 N–H and O–H groups in total. The van der Waals surface area contributed by atoms with Crippen molar-refractivity contribution in [2.24, 2.45) is 4.99 Å². The van der Waals surface area contributed by atoms with E-state index in [2.05, 4.69) is 15.6 Å². The summed E-state index contributed by atoms with van der Waals surface area (Å²) in [5.74, 6) is 0.387. The van der Waals surface area contributed by atoms with Gasteiger partial charge in [-0.2, -0.15) is 0 Å². The lowest BCUT2D eigenvalue weighted by Crippen LogP contribution is -2.32. The lowest BCUT2D eigenvalue weighted by Gasteiger charge is -2.17. The van der Waals surface area contributed by atoms with Gasteiger partial charge in [0, 0.05) is 32.2 Å². The van der Waals surface area contributed by atoms with Gasteiger partial charge in [-0.05, 0) is 17.7 Å². The average Bonchev–Trinajstić information content (AvgIpc) is 3.31. The van der Waals surface area contributed by atoms with Gasteiger partial charge in [0.25, 0.3) is 0 Å². The molecule has 0 unspecified atom stereocenters. The molecule has 11 heteroatoms. The minimum Gasteiger partial charge on any atom is -0.370 e. The fourth-order valence-corrected chi connectivity index (χ4v) is 5.58. The highest BCUT2D eigenvalue weighted by molar-refractivity contribution is 7.91. The van der Waals surface area contributed by atoms with Crippen LogP contribution in [0.25, 0.3) is 0 Å². The van der Waals surface area contributed by atoms with E-state index < -0.39 is 9.84 Å². The van der Waals surface area contributed by atoms with E-state index in [4.69, 9.17) is 27.9 Å². The number of benzene rings is 2. The number of nitrogens with zero attached hydrogens (tertiary/aromatic N) is 2. The molecule has 1 amide bonds. The monoisotopic (exact) mass is 512 g/mol. The molecule has 0 radical (unpaired) electrons. The van der Waals surface area contributed by atoms with Crippen LogP contribution in [0.3, 0.4) is 0 Å². The molecule has 33 heavy (non-hydrogen) atoms. The summed E-state index contributed by atoms with van der Waals surface area (Å²) >= 11 is 11.9. The third-order valence-electron chi connectivity index (χ3n) is 4.92. The number of likely N-dealkylation sites (N-methyl/N-ethyl adjacent to an activating group) is 1. The minimum absolute atomic E-state index is 0.0766. The molecule has 8 nitrogen and oxygen atoms in total. The maximum atomic E-state index is 12.4. The Hall–Kier alpha value is -2.17. The van der Waals surface area contributed by atoms with Crippen LogP contribution in [0.2, 0.25) is 10.0 Å². The number of amides is 1. The SMILES string of the molecule is CN(Cc1ccc(C2=NCCN2)cc1)C(=O)COCCNCS(=O)(=O)c1c(Cl)cccc1Cl. The van der Waals surface area contributed by atoms with E-state index in [0.717, 1.165) is 30.1 Å². The van der Waals surface area contributed by atoms with Crippen LogP contribution < -0.4 is 10.6 Å². The quantitative estimate of drug-likeness (QED) is 0.448. The number of carbonyl (C=O) groups is 1. The summed E-state index contributed by atoms with van der Waals surface area (Å²) in [6, 6.07) is 12.4. The van der Waals surface area contributed by atoms with E-state index in [-0.39, 0.29) is 46.5 Å². The number of amidine groups is 1. The second-order valence-electron chi connectivity index (χ2n) is 7.47. The predicted octanol–water partition coefficient (Wildman–Crippen LogP) is 2.34. The Labute approximate surface area is 203 Å². The normalized spacial score (nSPS) is 13.5. The van der Waals surface area contributed by atoms with Crippen molar-refractivity contribution >= 4 is 44.8 Å². The summed E-state index contributed by atoms with van der Waals surface area (Å²) in [4.78, 5) is 18.2. The molecule has 1 aliphatic rings. The Morgan fingerprint density at radius 2 is 1.88 bits per heavy atom. The van der Waals surface area contributed by atoms with Gasteiger partial charge in [-0.3, -0.25) is 9.79 Å². The zero-order valence-electron chi connectivity index (χ0n) is 18.2. The molecule has 0 fully saturated rings. The molecule has 0 bridgehead atoms. The Morgan fingerprint density at radius 3 is 2.52 bits per heavy atom. The number of rotatable bonds is 11. The van der Waals surface area contributed by atoms with Crippen LogP contribution in [-0.4, -0.2) is 70.8 Å². The first kappa shape index (κ1) is 25.5. The van der Waals surface area contributed by atoms with Crippen molar-refractivity contribution in [1.29, 1.82) is 0 Å². The highest BCUT2D eigenvalue weighted by atomic mass is 35.5. The molecule has 1 aliphatic heterocycles. The molecule has 178 valence electrons. The van der Waals surface area contributed by atoms with Crippen LogP contribution in [0.15, 0.2) is 52.4 Å². The van der Waals surface area contributed by atoms with Gasteiger partial charge in [0.2, 0.25) is 5.91 Å². The molecule has 0 saturated carbocycles. The zero-order valence-corrected chi connectivity index (χ0v) is 20.5. The maximum Gasteiger partial charge on any atom is 0.248 e. The molecular weight excluding hydrogens is 487 g/mol. The fourth-order valence-electron chi connectivity index (χ4n) is 3.19. The first-order valence-corrected chi connectivity index (χ1v) is 12.8. The van der Waals surface area contributed by atoms with Crippen molar-refractivity contribution in [3.63, 3.8) is 0 Å². The standard InChI is InChI=1S/C22H26Cl2N4O4S/c1-28(13-16-5-7-17(8-6-16)22-26-9-10-27-22)20(29)14-32-12-11-25-15-33(30,31)21-18(23)3-2-4-19(21)24/h2-8,25H,9-15H2,1H3,(H,26,27). The highest BCUT2D eigenvalue weighted by Crippen LogP contribution is 2.29. The van der Waals surface area contributed by atoms with E-state index in [0.29, 0.717) is 6.54 Å². The average molecular weight is 513 g/mol. The van der Waals surface area contributed by atoms with Gasteiger partial charge in [-0.25, -0.2) is 8.42 Å². The molecule has 0 aromatic heterocycles. The van der Waals surface area contributed by atoms with Crippen LogP contribution in [0.5, 0.6) is 0 Å². The third-order valence-corrected chi connectivity index (χ3v) is 7.42. The van der Waals surface area contributed by atoms with E-state index in [9.17, 15) is 13.2 Å². The van der Waals surface area contributed by atoms with E-state index >= 15 is 0 Å².